The molecule has 2 rings (SSSR count). The van der Waals surface area contributed by atoms with E-state index in [2.05, 4.69) is 9.84 Å². The number of nitrogens with zero attached hydrogens (tertiary/aromatic N) is 1. The van der Waals surface area contributed by atoms with Crippen LogP contribution in [0, 0.1) is 13.8 Å². The molecule has 0 aliphatic rings. The molecule has 2 aromatic rings. The van der Waals surface area contributed by atoms with Gasteiger partial charge in [0.1, 0.15) is 5.69 Å². The van der Waals surface area contributed by atoms with Crippen molar-refractivity contribution in [2.24, 2.45) is 0 Å². The minimum atomic E-state index is -0.546. The summed E-state index contributed by atoms with van der Waals surface area (Å²) in [5.41, 5.74) is 2.07. The molecule has 94 valence electrons. The van der Waals surface area contributed by atoms with E-state index in [0.717, 1.165) is 5.56 Å². The van der Waals surface area contributed by atoms with Gasteiger partial charge < -0.3 is 4.74 Å². The molecule has 18 heavy (non-hydrogen) atoms. The molecule has 0 unspecified atom stereocenters. The molecule has 0 amide bonds. The van der Waals surface area contributed by atoms with Gasteiger partial charge in [-0.25, -0.2) is 9.48 Å². The number of aryl methyl sites for hydroxylation is 1. The van der Waals surface area contributed by atoms with Crippen molar-refractivity contribution < 1.29 is 9.53 Å². The Balaban J connectivity index is 2.56. The van der Waals surface area contributed by atoms with Crippen LogP contribution in [0.25, 0.3) is 5.69 Å². The Bertz CT molecular complexity index is 635. The zero-order valence-electron chi connectivity index (χ0n) is 10.5. The molecule has 0 aliphatic heterocycles. The number of ether oxygens (including phenoxy) is 1. The molecule has 1 N–H and O–H groups in total. The highest BCUT2D eigenvalue weighted by atomic mass is 16.5. The second-order valence-electron chi connectivity index (χ2n) is 4.08. The van der Waals surface area contributed by atoms with Gasteiger partial charge in [0, 0.05) is 5.56 Å². The lowest BCUT2D eigenvalue weighted by Crippen LogP contribution is -2.15. The average molecular weight is 246 g/mol. The number of aromatic amines is 1. The maximum Gasteiger partial charge on any atom is 0.356 e. The van der Waals surface area contributed by atoms with Gasteiger partial charge in [-0.05, 0) is 26.0 Å². The zero-order chi connectivity index (χ0) is 13.3. The maximum atomic E-state index is 12.0. The molecule has 0 radical (unpaired) electrons. The van der Waals surface area contributed by atoms with Crippen molar-refractivity contribution in [2.75, 3.05) is 7.11 Å². The normalized spacial score (nSPS) is 10.4. The third-order valence-electron chi connectivity index (χ3n) is 2.80. The lowest BCUT2D eigenvalue weighted by molar-refractivity contribution is 0.0592. The predicted molar refractivity (Wildman–Crippen MR) is 67.2 cm³/mol. The second-order valence-corrected chi connectivity index (χ2v) is 4.08. The van der Waals surface area contributed by atoms with E-state index in [9.17, 15) is 9.59 Å². The molecule has 0 saturated carbocycles. The van der Waals surface area contributed by atoms with E-state index < -0.39 is 5.97 Å². The van der Waals surface area contributed by atoms with Crippen LogP contribution >= 0.6 is 0 Å². The highest BCUT2D eigenvalue weighted by Gasteiger charge is 2.17. The number of rotatable bonds is 2. The van der Waals surface area contributed by atoms with E-state index in [1.54, 1.807) is 6.92 Å². The predicted octanol–water partition coefficient (Wildman–Crippen LogP) is 1.57. The van der Waals surface area contributed by atoms with E-state index >= 15 is 0 Å². The van der Waals surface area contributed by atoms with Crippen LogP contribution < -0.4 is 5.56 Å². The fraction of sp³-hybridized carbons (Fsp3) is 0.231. The molecule has 5 heteroatoms. The van der Waals surface area contributed by atoms with Crippen molar-refractivity contribution in [2.45, 2.75) is 13.8 Å². The molecule has 0 aliphatic carbocycles. The molecule has 0 spiro atoms. The first kappa shape index (κ1) is 12.2. The van der Waals surface area contributed by atoms with Crippen LogP contribution in [-0.4, -0.2) is 22.9 Å². The van der Waals surface area contributed by atoms with Crippen LogP contribution in [0.4, 0.5) is 0 Å². The van der Waals surface area contributed by atoms with Crippen LogP contribution in [0.3, 0.4) is 0 Å². The number of methoxy groups -OCH3 is 1. The summed E-state index contributed by atoms with van der Waals surface area (Å²) in [4.78, 5) is 23.5. The molecule has 0 atom stereocenters. The number of H-pyrrole nitrogens is 1. The summed E-state index contributed by atoms with van der Waals surface area (Å²) in [5.74, 6) is -0.546. The van der Waals surface area contributed by atoms with E-state index in [-0.39, 0.29) is 11.3 Å². The number of carbonyl (C=O) groups is 1. The molecule has 0 fully saturated rings. The maximum absolute atomic E-state index is 12.0. The molecular formula is C13H14N2O3. The van der Waals surface area contributed by atoms with Gasteiger partial charge in [-0.2, -0.15) is 0 Å². The number of hydrogen-bond donors (Lipinski definition) is 1. The molecule has 1 aromatic heterocycles. The van der Waals surface area contributed by atoms with Crippen molar-refractivity contribution >= 4 is 5.97 Å². The van der Waals surface area contributed by atoms with E-state index in [4.69, 9.17) is 0 Å². The molecule has 5 nitrogen and oxygen atoms in total. The summed E-state index contributed by atoms with van der Waals surface area (Å²) in [6.07, 6.45) is 0. The number of esters is 1. The number of benzene rings is 1. The van der Waals surface area contributed by atoms with Gasteiger partial charge in [0.2, 0.25) is 0 Å². The minimum Gasteiger partial charge on any atom is -0.464 e. The average Bonchev–Trinajstić information content (AvgIpc) is 2.67. The lowest BCUT2D eigenvalue weighted by atomic mass is 10.2. The summed E-state index contributed by atoms with van der Waals surface area (Å²) in [6, 6.07) is 7.42. The Kier molecular flexibility index (Phi) is 3.06. The number of hydrogen-bond acceptors (Lipinski definition) is 3. The Labute approximate surface area is 104 Å². The summed E-state index contributed by atoms with van der Waals surface area (Å²) in [6.45, 7) is 3.56. The lowest BCUT2D eigenvalue weighted by Gasteiger charge is -2.01. The smallest absolute Gasteiger partial charge is 0.356 e. The van der Waals surface area contributed by atoms with Gasteiger partial charge in [0.05, 0.1) is 12.8 Å². The highest BCUT2D eigenvalue weighted by Crippen LogP contribution is 2.09. The first-order chi connectivity index (χ1) is 8.54. The van der Waals surface area contributed by atoms with Gasteiger partial charge >= 0.3 is 5.97 Å². The van der Waals surface area contributed by atoms with Crippen molar-refractivity contribution in [1.82, 2.24) is 9.78 Å². The van der Waals surface area contributed by atoms with Crippen LogP contribution in [0.1, 0.15) is 21.6 Å². The number of aromatic nitrogens is 2. The van der Waals surface area contributed by atoms with E-state index in [1.807, 2.05) is 31.2 Å². The van der Waals surface area contributed by atoms with Gasteiger partial charge in [0.15, 0.2) is 0 Å². The van der Waals surface area contributed by atoms with E-state index in [1.165, 1.54) is 11.8 Å². The Morgan fingerprint density at radius 1 is 1.22 bits per heavy atom. The van der Waals surface area contributed by atoms with Crippen molar-refractivity contribution in [3.8, 4) is 5.69 Å². The Morgan fingerprint density at radius 2 is 1.83 bits per heavy atom. The molecular weight excluding hydrogens is 232 g/mol. The molecule has 0 bridgehead atoms. The summed E-state index contributed by atoms with van der Waals surface area (Å²) >= 11 is 0. The quantitative estimate of drug-likeness (QED) is 0.818. The van der Waals surface area contributed by atoms with Gasteiger partial charge in [0.25, 0.3) is 5.56 Å². The van der Waals surface area contributed by atoms with Crippen LogP contribution in [0.2, 0.25) is 0 Å². The number of carbonyl (C=O) groups excluding carboxylic acids is 1. The molecule has 1 heterocycles. The highest BCUT2D eigenvalue weighted by molar-refractivity contribution is 5.88. The van der Waals surface area contributed by atoms with Crippen LogP contribution in [0.5, 0.6) is 0 Å². The van der Waals surface area contributed by atoms with E-state index in [0.29, 0.717) is 11.3 Å². The zero-order valence-corrected chi connectivity index (χ0v) is 10.5. The monoisotopic (exact) mass is 246 g/mol. The number of nitrogens with one attached hydrogen (secondary N) is 1. The molecule has 1 aromatic carbocycles. The van der Waals surface area contributed by atoms with Crippen LogP contribution in [-0.2, 0) is 4.74 Å². The summed E-state index contributed by atoms with van der Waals surface area (Å²) in [7, 11) is 1.28. The summed E-state index contributed by atoms with van der Waals surface area (Å²) < 4.78 is 5.95. The van der Waals surface area contributed by atoms with Crippen LogP contribution in [0.15, 0.2) is 29.1 Å². The molecule has 0 saturated heterocycles. The largest absolute Gasteiger partial charge is 0.464 e. The standard InChI is InChI=1S/C13H14N2O3/c1-8-4-6-10(7-5-8)15-12(16)9(2)11(14-15)13(17)18-3/h4-7,14H,1-3H3. The third-order valence-corrected chi connectivity index (χ3v) is 2.80. The second kappa shape index (κ2) is 4.52. The first-order valence-corrected chi connectivity index (χ1v) is 5.51. The minimum absolute atomic E-state index is 0.183. The summed E-state index contributed by atoms with van der Waals surface area (Å²) in [5, 5.41) is 2.77. The SMILES string of the molecule is COC(=O)c1[nH]n(-c2ccc(C)cc2)c(=O)c1C. The topological polar surface area (TPSA) is 64.1 Å². The fourth-order valence-electron chi connectivity index (χ4n) is 1.70. The van der Waals surface area contributed by atoms with Gasteiger partial charge in [-0.15, -0.1) is 0 Å². The van der Waals surface area contributed by atoms with Crippen molar-refractivity contribution in [3.05, 3.63) is 51.4 Å². The van der Waals surface area contributed by atoms with Gasteiger partial charge in [-0.1, -0.05) is 17.7 Å². The Morgan fingerprint density at radius 3 is 2.39 bits per heavy atom. The first-order valence-electron chi connectivity index (χ1n) is 5.51. The van der Waals surface area contributed by atoms with Crippen molar-refractivity contribution in [1.29, 1.82) is 0 Å². The third kappa shape index (κ3) is 1.95. The Hall–Kier alpha value is -2.30. The van der Waals surface area contributed by atoms with Crippen molar-refractivity contribution in [3.63, 3.8) is 0 Å². The fourth-order valence-corrected chi connectivity index (χ4v) is 1.70. The van der Waals surface area contributed by atoms with Gasteiger partial charge in [-0.3, -0.25) is 9.89 Å².